The second-order valence-electron chi connectivity index (χ2n) is 4.44. The van der Waals surface area contributed by atoms with Crippen molar-refractivity contribution in [1.82, 2.24) is 4.90 Å². The zero-order valence-corrected chi connectivity index (χ0v) is 11.9. The van der Waals surface area contributed by atoms with Crippen molar-refractivity contribution in [3.63, 3.8) is 0 Å². The number of rotatable bonds is 7. The summed E-state index contributed by atoms with van der Waals surface area (Å²) in [7, 11) is 0. The smallest absolute Gasteiger partial charge is 0.310 e. The molecule has 1 rings (SSSR count). The van der Waals surface area contributed by atoms with Gasteiger partial charge >= 0.3 is 5.97 Å². The summed E-state index contributed by atoms with van der Waals surface area (Å²) in [5, 5.41) is 0. The molecule has 0 spiro atoms. The lowest BCUT2D eigenvalue weighted by Gasteiger charge is -2.31. The molecule has 0 bridgehead atoms. The maximum atomic E-state index is 11.7. The first-order valence-corrected chi connectivity index (χ1v) is 7.90. The van der Waals surface area contributed by atoms with Crippen molar-refractivity contribution in [2.45, 2.75) is 33.1 Å². The van der Waals surface area contributed by atoms with Gasteiger partial charge in [0.25, 0.3) is 0 Å². The molecule has 0 aromatic heterocycles. The van der Waals surface area contributed by atoms with Gasteiger partial charge in [-0.3, -0.25) is 4.79 Å². The Hall–Kier alpha value is -0.220. The molecule has 100 valence electrons. The molecule has 0 aromatic rings. The van der Waals surface area contributed by atoms with Gasteiger partial charge in [-0.05, 0) is 50.8 Å². The third-order valence-corrected chi connectivity index (χ3v) is 4.08. The minimum absolute atomic E-state index is 0.000123. The molecule has 0 radical (unpaired) electrons. The Bertz CT molecular complexity index is 223. The van der Waals surface area contributed by atoms with Crippen molar-refractivity contribution in [3.05, 3.63) is 0 Å². The van der Waals surface area contributed by atoms with Crippen molar-refractivity contribution in [2.24, 2.45) is 5.92 Å². The molecular formula is C13H25NO2S. The van der Waals surface area contributed by atoms with Crippen molar-refractivity contribution in [2.75, 3.05) is 37.7 Å². The van der Waals surface area contributed by atoms with Gasteiger partial charge < -0.3 is 9.64 Å². The van der Waals surface area contributed by atoms with Crippen LogP contribution in [0.1, 0.15) is 33.1 Å². The first-order chi connectivity index (χ1) is 8.27. The van der Waals surface area contributed by atoms with Gasteiger partial charge in [0.2, 0.25) is 0 Å². The average Bonchev–Trinajstić information content (AvgIpc) is 2.35. The number of carbonyl (C=O) groups excluding carboxylic acids is 1. The standard InChI is InChI=1S/C13H25NO2S/c1-3-16-13(15)12-7-5-8-14(11-12)9-6-10-17-4-2/h12H,3-11H2,1-2H3/t12-/m0/s1. The third kappa shape index (κ3) is 5.77. The van der Waals surface area contributed by atoms with Crippen LogP contribution in [0.4, 0.5) is 0 Å². The Labute approximate surface area is 109 Å². The number of nitrogens with zero attached hydrogens (tertiary/aromatic N) is 1. The molecule has 4 heteroatoms. The topological polar surface area (TPSA) is 29.5 Å². The summed E-state index contributed by atoms with van der Waals surface area (Å²) in [6.07, 6.45) is 3.36. The van der Waals surface area contributed by atoms with Crippen LogP contribution >= 0.6 is 11.8 Å². The lowest BCUT2D eigenvalue weighted by molar-refractivity contribution is -0.149. The van der Waals surface area contributed by atoms with Crippen LogP contribution in [0.25, 0.3) is 0 Å². The van der Waals surface area contributed by atoms with Crippen LogP contribution in [0.2, 0.25) is 0 Å². The number of hydrogen-bond donors (Lipinski definition) is 0. The van der Waals surface area contributed by atoms with Crippen LogP contribution in [0, 0.1) is 5.92 Å². The molecule has 0 unspecified atom stereocenters. The highest BCUT2D eigenvalue weighted by Gasteiger charge is 2.26. The van der Waals surface area contributed by atoms with Crippen LogP contribution in [0.3, 0.4) is 0 Å². The molecule has 1 atom stereocenters. The zero-order chi connectivity index (χ0) is 12.5. The molecule has 1 aliphatic heterocycles. The number of thioether (sulfide) groups is 1. The Kier molecular flexibility index (Phi) is 7.69. The minimum Gasteiger partial charge on any atom is -0.466 e. The number of piperidine rings is 1. The van der Waals surface area contributed by atoms with Crippen LogP contribution in [-0.2, 0) is 9.53 Å². The van der Waals surface area contributed by atoms with Crippen molar-refractivity contribution >= 4 is 17.7 Å². The fourth-order valence-electron chi connectivity index (χ4n) is 2.25. The molecular weight excluding hydrogens is 234 g/mol. The van der Waals surface area contributed by atoms with E-state index in [1.54, 1.807) is 0 Å². The fourth-order valence-corrected chi connectivity index (χ4v) is 2.87. The maximum Gasteiger partial charge on any atom is 0.310 e. The van der Waals surface area contributed by atoms with E-state index in [2.05, 4.69) is 11.8 Å². The van der Waals surface area contributed by atoms with E-state index in [1.165, 1.54) is 17.9 Å². The summed E-state index contributed by atoms with van der Waals surface area (Å²) in [4.78, 5) is 14.1. The number of hydrogen-bond acceptors (Lipinski definition) is 4. The van der Waals surface area contributed by atoms with Gasteiger partial charge in [0.05, 0.1) is 12.5 Å². The SMILES string of the molecule is CCOC(=O)[C@H]1CCCN(CCCSCC)C1. The fraction of sp³-hybridized carbons (Fsp3) is 0.923. The Morgan fingerprint density at radius 3 is 3.00 bits per heavy atom. The monoisotopic (exact) mass is 259 g/mol. The summed E-state index contributed by atoms with van der Waals surface area (Å²) in [5.41, 5.74) is 0. The van der Waals surface area contributed by atoms with Crippen LogP contribution in [0.15, 0.2) is 0 Å². The van der Waals surface area contributed by atoms with Crippen molar-refractivity contribution < 1.29 is 9.53 Å². The molecule has 1 saturated heterocycles. The highest BCUT2D eigenvalue weighted by Crippen LogP contribution is 2.18. The van der Waals surface area contributed by atoms with E-state index >= 15 is 0 Å². The first kappa shape index (κ1) is 14.8. The summed E-state index contributed by atoms with van der Waals surface area (Å²) < 4.78 is 5.10. The molecule has 1 heterocycles. The van der Waals surface area contributed by atoms with E-state index in [9.17, 15) is 4.79 Å². The minimum atomic E-state index is 0.000123. The molecule has 17 heavy (non-hydrogen) atoms. The largest absolute Gasteiger partial charge is 0.466 e. The zero-order valence-electron chi connectivity index (χ0n) is 11.1. The molecule has 0 aliphatic carbocycles. The van der Waals surface area contributed by atoms with Crippen molar-refractivity contribution in [3.8, 4) is 0 Å². The van der Waals surface area contributed by atoms with E-state index in [0.717, 1.165) is 32.5 Å². The predicted octanol–water partition coefficient (Wildman–Crippen LogP) is 2.40. The van der Waals surface area contributed by atoms with Gasteiger partial charge in [-0.2, -0.15) is 11.8 Å². The van der Waals surface area contributed by atoms with E-state index in [4.69, 9.17) is 4.74 Å². The normalized spacial score (nSPS) is 21.4. The maximum absolute atomic E-state index is 11.7. The van der Waals surface area contributed by atoms with Crippen LogP contribution in [-0.4, -0.2) is 48.6 Å². The highest BCUT2D eigenvalue weighted by molar-refractivity contribution is 7.99. The molecule has 0 N–H and O–H groups in total. The summed E-state index contributed by atoms with van der Waals surface area (Å²) in [6.45, 7) is 7.75. The van der Waals surface area contributed by atoms with E-state index < -0.39 is 0 Å². The molecule has 1 fully saturated rings. The molecule has 0 saturated carbocycles. The van der Waals surface area contributed by atoms with Gasteiger partial charge in [-0.1, -0.05) is 6.92 Å². The average molecular weight is 259 g/mol. The summed E-state index contributed by atoms with van der Waals surface area (Å²) in [6, 6.07) is 0. The second-order valence-corrected chi connectivity index (χ2v) is 5.84. The number of likely N-dealkylation sites (tertiary alicyclic amines) is 1. The highest BCUT2D eigenvalue weighted by atomic mass is 32.2. The predicted molar refractivity (Wildman–Crippen MR) is 73.4 cm³/mol. The summed E-state index contributed by atoms with van der Waals surface area (Å²) in [5.74, 6) is 2.55. The lowest BCUT2D eigenvalue weighted by atomic mass is 9.98. The lowest BCUT2D eigenvalue weighted by Crippen LogP contribution is -2.39. The van der Waals surface area contributed by atoms with E-state index in [0.29, 0.717) is 6.61 Å². The number of ether oxygens (including phenoxy) is 1. The molecule has 0 amide bonds. The third-order valence-electron chi connectivity index (χ3n) is 3.09. The van der Waals surface area contributed by atoms with Gasteiger partial charge in [-0.15, -0.1) is 0 Å². The number of esters is 1. The van der Waals surface area contributed by atoms with Crippen LogP contribution in [0.5, 0.6) is 0 Å². The molecule has 1 aliphatic rings. The van der Waals surface area contributed by atoms with E-state index in [-0.39, 0.29) is 11.9 Å². The second kappa shape index (κ2) is 8.81. The quantitative estimate of drug-likeness (QED) is 0.519. The molecule has 0 aromatic carbocycles. The van der Waals surface area contributed by atoms with E-state index in [1.807, 2.05) is 18.7 Å². The first-order valence-electron chi connectivity index (χ1n) is 6.74. The van der Waals surface area contributed by atoms with Gasteiger partial charge in [0.15, 0.2) is 0 Å². The Morgan fingerprint density at radius 1 is 1.47 bits per heavy atom. The Morgan fingerprint density at radius 2 is 2.29 bits per heavy atom. The van der Waals surface area contributed by atoms with Crippen molar-refractivity contribution in [1.29, 1.82) is 0 Å². The number of carbonyl (C=O) groups is 1. The van der Waals surface area contributed by atoms with Gasteiger partial charge in [0, 0.05) is 6.54 Å². The molecule has 3 nitrogen and oxygen atoms in total. The van der Waals surface area contributed by atoms with Gasteiger partial charge in [0.1, 0.15) is 0 Å². The summed E-state index contributed by atoms with van der Waals surface area (Å²) >= 11 is 1.99. The van der Waals surface area contributed by atoms with Gasteiger partial charge in [-0.25, -0.2) is 0 Å². The van der Waals surface area contributed by atoms with Crippen LogP contribution < -0.4 is 0 Å². The Balaban J connectivity index is 2.21.